The fourth-order valence-corrected chi connectivity index (χ4v) is 2.46. The molecule has 0 radical (unpaired) electrons. The van der Waals surface area contributed by atoms with Crippen molar-refractivity contribution in [2.24, 2.45) is 0 Å². The summed E-state index contributed by atoms with van der Waals surface area (Å²) < 4.78 is 0. The third-order valence-corrected chi connectivity index (χ3v) is 3.53. The van der Waals surface area contributed by atoms with Gasteiger partial charge in [0.05, 0.1) is 5.52 Å². The summed E-state index contributed by atoms with van der Waals surface area (Å²) in [5.41, 5.74) is 0.909. The van der Waals surface area contributed by atoms with Crippen molar-refractivity contribution >= 4 is 28.3 Å². The van der Waals surface area contributed by atoms with Crippen molar-refractivity contribution in [3.63, 3.8) is 0 Å². The average molecular weight is 263 g/mol. The number of benzene rings is 1. The van der Waals surface area contributed by atoms with E-state index in [2.05, 4.69) is 32.9 Å². The number of hydrogen-bond donors (Lipinski definition) is 0. The normalized spacial score (nSPS) is 17.3. The van der Waals surface area contributed by atoms with Crippen LogP contribution in [0.25, 0.3) is 10.9 Å². The number of anilines is 1. The van der Waals surface area contributed by atoms with Crippen molar-refractivity contribution in [2.45, 2.75) is 0 Å². The zero-order valence-corrected chi connectivity index (χ0v) is 11.1. The molecule has 4 nitrogen and oxygen atoms in total. The Morgan fingerprint density at radius 3 is 2.56 bits per heavy atom. The van der Waals surface area contributed by atoms with Crippen LogP contribution >= 0.6 is 11.6 Å². The molecule has 1 aromatic heterocycles. The lowest BCUT2D eigenvalue weighted by molar-refractivity contribution is 0.312. The van der Waals surface area contributed by atoms with Crippen molar-refractivity contribution < 1.29 is 0 Å². The molecule has 5 heteroatoms. The topological polar surface area (TPSA) is 32.3 Å². The number of aromatic nitrogens is 2. The first-order valence-corrected chi connectivity index (χ1v) is 6.47. The van der Waals surface area contributed by atoms with Crippen LogP contribution in [0.1, 0.15) is 0 Å². The van der Waals surface area contributed by atoms with Gasteiger partial charge in [-0.25, -0.2) is 4.98 Å². The monoisotopic (exact) mass is 262 g/mol. The van der Waals surface area contributed by atoms with Crippen LogP contribution in [0.15, 0.2) is 24.3 Å². The second-order valence-corrected chi connectivity index (χ2v) is 4.96. The Bertz CT molecular complexity index is 564. The number of likely N-dealkylation sites (N-methyl/N-ethyl adjacent to an activating group) is 1. The first kappa shape index (κ1) is 11.7. The summed E-state index contributed by atoms with van der Waals surface area (Å²) in [6.07, 6.45) is 0. The van der Waals surface area contributed by atoms with Crippen LogP contribution in [-0.4, -0.2) is 48.1 Å². The van der Waals surface area contributed by atoms with E-state index in [1.54, 1.807) is 0 Å². The summed E-state index contributed by atoms with van der Waals surface area (Å²) in [6, 6.07) is 8.01. The molecule has 2 aromatic rings. The minimum atomic E-state index is 0.322. The molecule has 1 aliphatic heterocycles. The fraction of sp³-hybridized carbons (Fsp3) is 0.385. The van der Waals surface area contributed by atoms with Gasteiger partial charge in [0.15, 0.2) is 0 Å². The van der Waals surface area contributed by atoms with E-state index in [0.717, 1.165) is 42.9 Å². The Kier molecular flexibility index (Phi) is 3.06. The van der Waals surface area contributed by atoms with E-state index in [1.807, 2.05) is 18.2 Å². The van der Waals surface area contributed by atoms with Gasteiger partial charge in [-0.2, -0.15) is 4.98 Å². The molecule has 0 bridgehead atoms. The van der Waals surface area contributed by atoms with Crippen molar-refractivity contribution in [3.8, 4) is 0 Å². The first-order valence-electron chi connectivity index (χ1n) is 6.10. The van der Waals surface area contributed by atoms with Gasteiger partial charge in [-0.1, -0.05) is 12.1 Å². The maximum absolute atomic E-state index is 6.01. The number of hydrogen-bond acceptors (Lipinski definition) is 4. The average Bonchev–Trinajstić information content (AvgIpc) is 2.38. The number of halogens is 1. The second kappa shape index (κ2) is 4.71. The highest BCUT2D eigenvalue weighted by Gasteiger charge is 2.18. The molecule has 0 amide bonds. The van der Waals surface area contributed by atoms with Gasteiger partial charge < -0.3 is 9.80 Å². The molecule has 0 aliphatic carbocycles. The maximum atomic E-state index is 6.01. The van der Waals surface area contributed by atoms with Crippen LogP contribution in [0.2, 0.25) is 5.28 Å². The lowest BCUT2D eigenvalue weighted by Crippen LogP contribution is -2.44. The molecule has 0 spiro atoms. The van der Waals surface area contributed by atoms with E-state index in [0.29, 0.717) is 5.28 Å². The van der Waals surface area contributed by atoms with E-state index >= 15 is 0 Å². The van der Waals surface area contributed by atoms with Crippen LogP contribution in [0.4, 0.5) is 5.82 Å². The van der Waals surface area contributed by atoms with Gasteiger partial charge in [0, 0.05) is 31.6 Å². The summed E-state index contributed by atoms with van der Waals surface area (Å²) in [5.74, 6) is 0.957. The smallest absolute Gasteiger partial charge is 0.224 e. The molecule has 2 heterocycles. The Hall–Kier alpha value is -1.39. The Balaban J connectivity index is 2.05. The fourth-order valence-electron chi connectivity index (χ4n) is 2.29. The lowest BCUT2D eigenvalue weighted by Gasteiger charge is -2.33. The van der Waals surface area contributed by atoms with E-state index in [9.17, 15) is 0 Å². The van der Waals surface area contributed by atoms with Crippen LogP contribution in [0, 0.1) is 0 Å². The minimum absolute atomic E-state index is 0.322. The SMILES string of the molecule is CN1CCN(c2nc(Cl)nc3ccccc23)CC1. The highest BCUT2D eigenvalue weighted by atomic mass is 35.5. The molecular weight excluding hydrogens is 248 g/mol. The minimum Gasteiger partial charge on any atom is -0.353 e. The zero-order chi connectivity index (χ0) is 12.5. The van der Waals surface area contributed by atoms with Gasteiger partial charge in [0.25, 0.3) is 0 Å². The molecule has 3 rings (SSSR count). The summed E-state index contributed by atoms with van der Waals surface area (Å²) in [6.45, 7) is 4.06. The number of nitrogens with zero attached hydrogens (tertiary/aromatic N) is 4. The van der Waals surface area contributed by atoms with Crippen LogP contribution in [0.5, 0.6) is 0 Å². The second-order valence-electron chi connectivity index (χ2n) is 4.62. The Labute approximate surface area is 111 Å². The van der Waals surface area contributed by atoms with Gasteiger partial charge in [-0.3, -0.25) is 0 Å². The molecule has 18 heavy (non-hydrogen) atoms. The molecule has 1 saturated heterocycles. The predicted octanol–water partition coefficient (Wildman–Crippen LogP) is 2.03. The predicted molar refractivity (Wildman–Crippen MR) is 74.3 cm³/mol. The summed E-state index contributed by atoms with van der Waals surface area (Å²) in [7, 11) is 2.14. The summed E-state index contributed by atoms with van der Waals surface area (Å²) in [5, 5.41) is 1.40. The van der Waals surface area contributed by atoms with Crippen LogP contribution in [-0.2, 0) is 0 Å². The molecule has 1 aromatic carbocycles. The highest BCUT2D eigenvalue weighted by Crippen LogP contribution is 2.25. The standard InChI is InChI=1S/C13H15ClN4/c1-17-6-8-18(9-7-17)12-10-4-2-3-5-11(10)15-13(14)16-12/h2-5H,6-9H2,1H3. The summed E-state index contributed by atoms with van der Waals surface area (Å²) >= 11 is 6.01. The van der Waals surface area contributed by atoms with Gasteiger partial charge >= 0.3 is 0 Å². The van der Waals surface area contributed by atoms with E-state index < -0.39 is 0 Å². The number of piperazine rings is 1. The molecule has 0 unspecified atom stereocenters. The van der Waals surface area contributed by atoms with Gasteiger partial charge in [-0.15, -0.1) is 0 Å². The van der Waals surface area contributed by atoms with Crippen molar-refractivity contribution in [1.82, 2.24) is 14.9 Å². The summed E-state index contributed by atoms with van der Waals surface area (Å²) in [4.78, 5) is 13.3. The number of rotatable bonds is 1. The van der Waals surface area contributed by atoms with Crippen LogP contribution in [0.3, 0.4) is 0 Å². The van der Waals surface area contributed by atoms with Crippen molar-refractivity contribution in [2.75, 3.05) is 38.1 Å². The molecule has 0 saturated carbocycles. The maximum Gasteiger partial charge on any atom is 0.224 e. The van der Waals surface area contributed by atoms with Crippen molar-refractivity contribution in [1.29, 1.82) is 0 Å². The Morgan fingerprint density at radius 2 is 1.78 bits per heavy atom. The lowest BCUT2D eigenvalue weighted by atomic mass is 10.2. The molecule has 1 aliphatic rings. The zero-order valence-electron chi connectivity index (χ0n) is 10.3. The largest absolute Gasteiger partial charge is 0.353 e. The molecular formula is C13H15ClN4. The molecule has 0 atom stereocenters. The van der Waals surface area contributed by atoms with Gasteiger partial charge in [-0.05, 0) is 30.8 Å². The van der Waals surface area contributed by atoms with Crippen molar-refractivity contribution in [3.05, 3.63) is 29.5 Å². The van der Waals surface area contributed by atoms with Crippen LogP contribution < -0.4 is 4.90 Å². The highest BCUT2D eigenvalue weighted by molar-refractivity contribution is 6.28. The van der Waals surface area contributed by atoms with Gasteiger partial charge in [0.1, 0.15) is 5.82 Å². The molecule has 0 N–H and O–H groups in total. The quantitative estimate of drug-likeness (QED) is 0.737. The third-order valence-electron chi connectivity index (χ3n) is 3.36. The van der Waals surface area contributed by atoms with E-state index in [-0.39, 0.29) is 0 Å². The van der Waals surface area contributed by atoms with Gasteiger partial charge in [0.2, 0.25) is 5.28 Å². The first-order chi connectivity index (χ1) is 8.74. The molecule has 94 valence electrons. The number of fused-ring (bicyclic) bond motifs is 1. The number of para-hydroxylation sites is 1. The Morgan fingerprint density at radius 1 is 1.06 bits per heavy atom. The van der Waals surface area contributed by atoms with E-state index in [1.165, 1.54) is 0 Å². The third kappa shape index (κ3) is 2.13. The van der Waals surface area contributed by atoms with E-state index in [4.69, 9.17) is 11.6 Å². The molecule has 1 fully saturated rings.